The van der Waals surface area contributed by atoms with E-state index in [4.69, 9.17) is 4.74 Å². The summed E-state index contributed by atoms with van der Waals surface area (Å²) in [6.07, 6.45) is 1.52. The largest absolute Gasteiger partial charge is 0.484 e. The third kappa shape index (κ3) is 5.47. The van der Waals surface area contributed by atoms with Gasteiger partial charge in [-0.15, -0.1) is 0 Å². The zero-order valence-electron chi connectivity index (χ0n) is 18.4. The molecule has 1 heterocycles. The SMILES string of the molecule is Cc1ccc(NC(=O)COc2ccc(/C=C3\NC(=O)N(Cc4ccccc4F)C3=O)cc2)cc1. The molecule has 4 rings (SSSR count). The van der Waals surface area contributed by atoms with Gasteiger partial charge >= 0.3 is 6.03 Å². The summed E-state index contributed by atoms with van der Waals surface area (Å²) in [5, 5.41) is 5.27. The van der Waals surface area contributed by atoms with E-state index in [0.29, 0.717) is 17.0 Å². The molecule has 1 saturated heterocycles. The number of rotatable bonds is 7. The van der Waals surface area contributed by atoms with Gasteiger partial charge in [-0.2, -0.15) is 0 Å². The molecule has 7 nitrogen and oxygen atoms in total. The number of aryl methyl sites for hydroxylation is 1. The van der Waals surface area contributed by atoms with Gasteiger partial charge < -0.3 is 15.4 Å². The molecule has 8 heteroatoms. The molecule has 3 aromatic carbocycles. The first-order valence-electron chi connectivity index (χ1n) is 10.6. The van der Waals surface area contributed by atoms with Gasteiger partial charge in [0.2, 0.25) is 0 Å². The van der Waals surface area contributed by atoms with Gasteiger partial charge in [-0.3, -0.25) is 14.5 Å². The Morgan fingerprint density at radius 3 is 2.44 bits per heavy atom. The van der Waals surface area contributed by atoms with Crippen molar-refractivity contribution in [3.63, 3.8) is 0 Å². The summed E-state index contributed by atoms with van der Waals surface area (Å²) in [7, 11) is 0. The molecular formula is C26H22FN3O4. The molecule has 0 aliphatic carbocycles. The molecule has 34 heavy (non-hydrogen) atoms. The third-order valence-corrected chi connectivity index (χ3v) is 5.14. The maximum atomic E-state index is 13.9. The quantitative estimate of drug-likeness (QED) is 0.409. The van der Waals surface area contributed by atoms with Crippen molar-refractivity contribution in [2.75, 3.05) is 11.9 Å². The van der Waals surface area contributed by atoms with Gasteiger partial charge in [0.15, 0.2) is 6.61 Å². The van der Waals surface area contributed by atoms with Gasteiger partial charge in [0.25, 0.3) is 11.8 Å². The predicted molar refractivity (Wildman–Crippen MR) is 125 cm³/mol. The number of nitrogens with one attached hydrogen (secondary N) is 2. The predicted octanol–water partition coefficient (Wildman–Crippen LogP) is 4.24. The van der Waals surface area contributed by atoms with Crippen LogP contribution in [0.15, 0.2) is 78.5 Å². The second-order valence-corrected chi connectivity index (χ2v) is 7.74. The number of halogens is 1. The number of carbonyl (C=O) groups excluding carboxylic acids is 3. The van der Waals surface area contributed by atoms with E-state index in [2.05, 4.69) is 10.6 Å². The Labute approximate surface area is 195 Å². The fraction of sp³-hybridized carbons (Fsp3) is 0.115. The summed E-state index contributed by atoms with van der Waals surface area (Å²) in [4.78, 5) is 37.9. The average Bonchev–Trinajstić information content (AvgIpc) is 3.09. The number of nitrogens with zero attached hydrogens (tertiary/aromatic N) is 1. The number of benzene rings is 3. The van der Waals surface area contributed by atoms with Crippen LogP contribution in [0.5, 0.6) is 5.75 Å². The smallest absolute Gasteiger partial charge is 0.329 e. The molecule has 0 radical (unpaired) electrons. The molecule has 4 amide bonds. The lowest BCUT2D eigenvalue weighted by Gasteiger charge is -2.12. The standard InChI is InChI=1S/C26H22FN3O4/c1-17-6-10-20(11-7-17)28-24(31)16-34-21-12-8-18(9-13-21)14-23-25(32)30(26(33)29-23)15-19-4-2-3-5-22(19)27/h2-14H,15-16H2,1H3,(H,28,31)(H,29,33)/b23-14-. The Balaban J connectivity index is 1.34. The molecule has 1 fully saturated rings. The summed E-state index contributed by atoms with van der Waals surface area (Å²) in [6.45, 7) is 1.65. The maximum absolute atomic E-state index is 13.9. The van der Waals surface area contributed by atoms with Crippen molar-refractivity contribution in [3.05, 3.63) is 101 Å². The minimum Gasteiger partial charge on any atom is -0.484 e. The molecule has 2 N–H and O–H groups in total. The minimum atomic E-state index is -0.612. The van der Waals surface area contributed by atoms with Crippen molar-refractivity contribution in [3.8, 4) is 5.75 Å². The van der Waals surface area contributed by atoms with E-state index in [-0.39, 0.29) is 30.3 Å². The van der Waals surface area contributed by atoms with Gasteiger partial charge in [0.1, 0.15) is 17.3 Å². The van der Waals surface area contributed by atoms with E-state index in [9.17, 15) is 18.8 Å². The molecule has 0 bridgehead atoms. The number of ether oxygens (including phenoxy) is 1. The van der Waals surface area contributed by atoms with Crippen LogP contribution in [0.25, 0.3) is 6.08 Å². The summed E-state index contributed by atoms with van der Waals surface area (Å²) in [5.41, 5.74) is 2.77. The van der Waals surface area contributed by atoms with Gasteiger partial charge in [-0.05, 0) is 48.9 Å². The molecule has 1 aliphatic rings. The molecule has 0 spiro atoms. The average molecular weight is 459 g/mol. The van der Waals surface area contributed by atoms with E-state index in [1.165, 1.54) is 18.2 Å². The molecule has 172 valence electrons. The van der Waals surface area contributed by atoms with E-state index >= 15 is 0 Å². The topological polar surface area (TPSA) is 87.7 Å². The molecular weight excluding hydrogens is 437 g/mol. The van der Waals surface area contributed by atoms with Crippen LogP contribution in [0.1, 0.15) is 16.7 Å². The minimum absolute atomic E-state index is 0.0903. The van der Waals surface area contributed by atoms with E-state index in [1.54, 1.807) is 36.4 Å². The summed E-state index contributed by atoms with van der Waals surface area (Å²) < 4.78 is 19.4. The van der Waals surface area contributed by atoms with Crippen LogP contribution in [0.3, 0.4) is 0 Å². The second-order valence-electron chi connectivity index (χ2n) is 7.74. The van der Waals surface area contributed by atoms with Gasteiger partial charge in [-0.1, -0.05) is 48.0 Å². The fourth-order valence-corrected chi connectivity index (χ4v) is 3.32. The van der Waals surface area contributed by atoms with Crippen molar-refractivity contribution < 1.29 is 23.5 Å². The van der Waals surface area contributed by atoms with E-state index < -0.39 is 17.8 Å². The summed E-state index contributed by atoms with van der Waals surface area (Å²) in [5.74, 6) is -0.835. The summed E-state index contributed by atoms with van der Waals surface area (Å²) >= 11 is 0. The highest BCUT2D eigenvalue weighted by molar-refractivity contribution is 6.13. The maximum Gasteiger partial charge on any atom is 0.329 e. The molecule has 0 atom stereocenters. The van der Waals surface area contributed by atoms with Crippen LogP contribution in [0.4, 0.5) is 14.9 Å². The number of carbonyl (C=O) groups is 3. The van der Waals surface area contributed by atoms with Crippen LogP contribution < -0.4 is 15.4 Å². The van der Waals surface area contributed by atoms with Crippen LogP contribution in [0, 0.1) is 12.7 Å². The monoisotopic (exact) mass is 459 g/mol. The van der Waals surface area contributed by atoms with Crippen LogP contribution in [-0.4, -0.2) is 29.4 Å². The number of amides is 4. The molecule has 3 aromatic rings. The second kappa shape index (κ2) is 9.99. The Morgan fingerprint density at radius 2 is 1.74 bits per heavy atom. The lowest BCUT2D eigenvalue weighted by molar-refractivity contribution is -0.123. The first-order chi connectivity index (χ1) is 16.4. The van der Waals surface area contributed by atoms with Crippen molar-refractivity contribution in [2.24, 2.45) is 0 Å². The highest BCUT2D eigenvalue weighted by Crippen LogP contribution is 2.20. The highest BCUT2D eigenvalue weighted by Gasteiger charge is 2.33. The molecule has 0 unspecified atom stereocenters. The van der Waals surface area contributed by atoms with Gasteiger partial charge in [0, 0.05) is 11.3 Å². The van der Waals surface area contributed by atoms with Crippen LogP contribution in [0.2, 0.25) is 0 Å². The van der Waals surface area contributed by atoms with Crippen molar-refractivity contribution in [1.82, 2.24) is 10.2 Å². The van der Waals surface area contributed by atoms with Gasteiger partial charge in [0.05, 0.1) is 6.54 Å². The normalized spacial score (nSPS) is 14.3. The van der Waals surface area contributed by atoms with Crippen molar-refractivity contribution in [1.29, 1.82) is 0 Å². The first-order valence-corrected chi connectivity index (χ1v) is 10.6. The highest BCUT2D eigenvalue weighted by atomic mass is 19.1. The van der Waals surface area contributed by atoms with Crippen LogP contribution in [-0.2, 0) is 16.1 Å². The lowest BCUT2D eigenvalue weighted by atomic mass is 10.1. The van der Waals surface area contributed by atoms with Crippen molar-refractivity contribution in [2.45, 2.75) is 13.5 Å². The van der Waals surface area contributed by atoms with E-state index in [1.807, 2.05) is 31.2 Å². The van der Waals surface area contributed by atoms with E-state index in [0.717, 1.165) is 10.5 Å². The zero-order chi connectivity index (χ0) is 24.1. The zero-order valence-corrected chi connectivity index (χ0v) is 18.4. The van der Waals surface area contributed by atoms with Gasteiger partial charge in [-0.25, -0.2) is 9.18 Å². The third-order valence-electron chi connectivity index (χ3n) is 5.14. The first kappa shape index (κ1) is 22.7. The molecule has 1 aliphatic heterocycles. The summed E-state index contributed by atoms with van der Waals surface area (Å²) in [6, 6.07) is 19.5. The fourth-order valence-electron chi connectivity index (χ4n) is 3.32. The Kier molecular flexibility index (Phi) is 6.68. The lowest BCUT2D eigenvalue weighted by Crippen LogP contribution is -2.30. The molecule has 0 aromatic heterocycles. The number of urea groups is 1. The van der Waals surface area contributed by atoms with Crippen LogP contribution >= 0.6 is 0 Å². The Morgan fingerprint density at radius 1 is 1.03 bits per heavy atom. The molecule has 0 saturated carbocycles. The number of hydrogen-bond acceptors (Lipinski definition) is 4. The Bertz CT molecular complexity index is 1250. The number of hydrogen-bond donors (Lipinski definition) is 2. The number of anilines is 1. The number of imide groups is 1. The Hall–Kier alpha value is -4.46. The van der Waals surface area contributed by atoms with Crippen molar-refractivity contribution >= 4 is 29.6 Å².